The summed E-state index contributed by atoms with van der Waals surface area (Å²) in [6, 6.07) is 1.45. The molecule has 0 aliphatic carbocycles. The van der Waals surface area contributed by atoms with Crippen LogP contribution in [0.1, 0.15) is 27.0 Å². The van der Waals surface area contributed by atoms with Crippen molar-refractivity contribution in [2.24, 2.45) is 0 Å². The lowest BCUT2D eigenvalue weighted by Gasteiger charge is -2.39. The smallest absolute Gasteiger partial charge is 0.351 e. The first-order chi connectivity index (χ1) is 13.8. The highest BCUT2D eigenvalue weighted by Crippen LogP contribution is 2.74. The molecule has 1 aromatic heterocycles. The number of halogens is 1. The van der Waals surface area contributed by atoms with E-state index in [1.54, 1.807) is 22.8 Å². The van der Waals surface area contributed by atoms with Gasteiger partial charge in [-0.15, -0.1) is 0 Å². The van der Waals surface area contributed by atoms with Crippen molar-refractivity contribution >= 4 is 53.4 Å². The second kappa shape index (κ2) is 9.13. The molecule has 0 spiro atoms. The van der Waals surface area contributed by atoms with Crippen LogP contribution in [0.5, 0.6) is 0 Å². The van der Waals surface area contributed by atoms with Crippen LogP contribution in [0, 0.1) is 0 Å². The topological polar surface area (TPSA) is 88.6 Å². The third kappa shape index (κ3) is 5.33. The fraction of sp³-hybridized carbons (Fsp3) is 0.765. The van der Waals surface area contributed by atoms with E-state index in [0.717, 1.165) is 16.1 Å². The van der Waals surface area contributed by atoms with Crippen molar-refractivity contribution in [2.45, 2.75) is 63.5 Å². The van der Waals surface area contributed by atoms with Gasteiger partial charge in [-0.3, -0.25) is 4.57 Å². The van der Waals surface area contributed by atoms with Crippen LogP contribution < -0.4 is 11.4 Å². The summed E-state index contributed by atoms with van der Waals surface area (Å²) in [5, 5.41) is -0.112. The fourth-order valence-electron chi connectivity index (χ4n) is 2.90. The van der Waals surface area contributed by atoms with E-state index in [4.69, 9.17) is 31.2 Å². The molecule has 0 radical (unpaired) electrons. The standard InChI is InChI=1S/C17H29FN3O4PS3Si/c1-17(2,3)30(4,5)25-14-11(10-23-26(27)28-8-9-29-26)24-15(13(14)18)21-7-6-12(19)20-16(21)22/h6-7,11,13-15H,8-10H2,1-5H3,(H2,19,20,22)/t11-,13-,14?,15-/m1/s1. The molecule has 13 heteroatoms. The number of anilines is 1. The van der Waals surface area contributed by atoms with Crippen molar-refractivity contribution in [3.8, 4) is 0 Å². The molecule has 2 N–H and O–H groups in total. The van der Waals surface area contributed by atoms with E-state index in [0.29, 0.717) is 0 Å². The van der Waals surface area contributed by atoms with Crippen LogP contribution in [0.3, 0.4) is 0 Å². The molecule has 2 aliphatic rings. The fourth-order valence-corrected chi connectivity index (χ4v) is 13.1. The van der Waals surface area contributed by atoms with Gasteiger partial charge in [0.05, 0.1) is 6.61 Å². The highest BCUT2D eigenvalue weighted by molar-refractivity contribution is 9.00. The van der Waals surface area contributed by atoms with Crippen LogP contribution in [-0.2, 0) is 25.5 Å². The molecule has 0 amide bonds. The van der Waals surface area contributed by atoms with Gasteiger partial charge in [0.1, 0.15) is 18.0 Å². The van der Waals surface area contributed by atoms with E-state index in [1.807, 2.05) is 0 Å². The van der Waals surface area contributed by atoms with Gasteiger partial charge in [-0.05, 0) is 36.0 Å². The SMILES string of the molecule is CC(C)(C)[Si](C)(C)OC1[C@@H](F)[C@H](n2ccc(N)nc2=O)O[C@@H]1COP1(=S)SCCS1. The van der Waals surface area contributed by atoms with Crippen molar-refractivity contribution in [3.63, 3.8) is 0 Å². The van der Waals surface area contributed by atoms with E-state index in [9.17, 15) is 4.79 Å². The number of hydrogen-bond acceptors (Lipinski definition) is 9. The van der Waals surface area contributed by atoms with Crippen LogP contribution in [0.4, 0.5) is 10.2 Å². The summed E-state index contributed by atoms with van der Waals surface area (Å²) >= 11 is 8.96. The quantitative estimate of drug-likeness (QED) is 0.445. The lowest BCUT2D eigenvalue weighted by Crippen LogP contribution is -2.49. The summed E-state index contributed by atoms with van der Waals surface area (Å²) in [6.45, 7) is 10.5. The molecule has 2 aliphatic heterocycles. The largest absolute Gasteiger partial charge is 0.408 e. The summed E-state index contributed by atoms with van der Waals surface area (Å²) in [5.74, 6) is 1.99. The van der Waals surface area contributed by atoms with Gasteiger partial charge in [0, 0.05) is 17.7 Å². The van der Waals surface area contributed by atoms with Gasteiger partial charge in [-0.1, -0.05) is 43.5 Å². The van der Waals surface area contributed by atoms with Crippen molar-refractivity contribution in [3.05, 3.63) is 22.7 Å². The number of hydrogen-bond donors (Lipinski definition) is 1. The third-order valence-corrected chi connectivity index (χ3v) is 19.9. The van der Waals surface area contributed by atoms with E-state index >= 15 is 4.39 Å². The summed E-state index contributed by atoms with van der Waals surface area (Å²) < 4.78 is 33.2. The first-order valence-corrected chi connectivity index (χ1v) is 18.5. The Morgan fingerprint density at radius 1 is 1.43 bits per heavy atom. The Balaban J connectivity index is 1.86. The van der Waals surface area contributed by atoms with Crippen molar-refractivity contribution in [2.75, 3.05) is 23.8 Å². The zero-order valence-corrected chi connectivity index (χ0v) is 22.1. The van der Waals surface area contributed by atoms with Gasteiger partial charge in [-0.25, -0.2) is 9.18 Å². The maximum Gasteiger partial charge on any atom is 0.351 e. The second-order valence-corrected chi connectivity index (χ2v) is 24.3. The minimum atomic E-state index is -2.31. The first-order valence-electron chi connectivity index (χ1n) is 9.69. The van der Waals surface area contributed by atoms with E-state index < -0.39 is 43.3 Å². The van der Waals surface area contributed by atoms with Gasteiger partial charge in [0.25, 0.3) is 0 Å². The van der Waals surface area contributed by atoms with Gasteiger partial charge in [0.2, 0.25) is 0 Å². The molecule has 2 saturated heterocycles. The molecule has 0 saturated carbocycles. The molecule has 1 aromatic rings. The number of nitrogens with two attached hydrogens (primary N) is 1. The maximum atomic E-state index is 15.7. The van der Waals surface area contributed by atoms with Crippen molar-refractivity contribution in [1.82, 2.24) is 9.55 Å². The van der Waals surface area contributed by atoms with Crippen LogP contribution in [0.2, 0.25) is 18.1 Å². The van der Waals surface area contributed by atoms with Gasteiger partial charge in [-0.2, -0.15) is 4.98 Å². The second-order valence-electron chi connectivity index (χ2n) is 8.80. The number of alkyl halides is 1. The van der Waals surface area contributed by atoms with Crippen LogP contribution in [0.25, 0.3) is 0 Å². The summed E-state index contributed by atoms with van der Waals surface area (Å²) in [4.78, 5) is 16.0. The third-order valence-electron chi connectivity index (χ3n) is 5.61. The monoisotopic (exact) mass is 513 g/mol. The molecular weight excluding hydrogens is 484 g/mol. The number of nitrogen functional groups attached to an aromatic ring is 1. The Kier molecular flexibility index (Phi) is 7.51. The molecule has 170 valence electrons. The molecule has 0 bridgehead atoms. The van der Waals surface area contributed by atoms with E-state index in [2.05, 4.69) is 38.8 Å². The lowest BCUT2D eigenvalue weighted by atomic mass is 10.1. The Hall–Kier alpha value is 0.0569. The number of nitrogens with zero attached hydrogens (tertiary/aromatic N) is 2. The Labute approximate surface area is 190 Å². The lowest BCUT2D eigenvalue weighted by molar-refractivity contribution is -0.0414. The molecule has 3 heterocycles. The Morgan fingerprint density at radius 3 is 2.63 bits per heavy atom. The molecule has 2 fully saturated rings. The first kappa shape index (κ1) is 24.7. The molecule has 30 heavy (non-hydrogen) atoms. The van der Waals surface area contributed by atoms with Gasteiger partial charge >= 0.3 is 5.69 Å². The number of rotatable bonds is 6. The van der Waals surface area contributed by atoms with Gasteiger partial charge in [0.15, 0.2) is 25.4 Å². The van der Waals surface area contributed by atoms with E-state index in [-0.39, 0.29) is 17.5 Å². The van der Waals surface area contributed by atoms with Crippen LogP contribution in [-0.4, -0.2) is 54.4 Å². The molecule has 4 atom stereocenters. The molecule has 0 aromatic carbocycles. The molecule has 3 rings (SSSR count). The normalized spacial score (nSPS) is 29.4. The van der Waals surface area contributed by atoms with Crippen LogP contribution in [0.15, 0.2) is 17.1 Å². The molecule has 7 nitrogen and oxygen atoms in total. The minimum Gasteiger partial charge on any atom is -0.408 e. The van der Waals surface area contributed by atoms with Crippen molar-refractivity contribution < 1.29 is 18.1 Å². The summed E-state index contributed by atoms with van der Waals surface area (Å²) in [5.41, 5.74) is 4.91. The average Bonchev–Trinajstić information content (AvgIpc) is 3.18. The zero-order valence-electron chi connectivity index (χ0n) is 17.7. The highest BCUT2D eigenvalue weighted by Gasteiger charge is 2.52. The Bertz CT molecular complexity index is 875. The summed E-state index contributed by atoms with van der Waals surface area (Å²) in [7, 11) is -2.31. The maximum absolute atomic E-state index is 15.7. The van der Waals surface area contributed by atoms with Crippen molar-refractivity contribution in [1.29, 1.82) is 0 Å². The predicted octanol–water partition coefficient (Wildman–Crippen LogP) is 4.17. The zero-order chi connectivity index (χ0) is 22.3. The summed E-state index contributed by atoms with van der Waals surface area (Å²) in [6.07, 6.45) is -2.85. The van der Waals surface area contributed by atoms with Gasteiger partial charge < -0.3 is 19.4 Å². The van der Waals surface area contributed by atoms with E-state index in [1.165, 1.54) is 12.3 Å². The Morgan fingerprint density at radius 2 is 2.07 bits per heavy atom. The number of ether oxygens (including phenoxy) is 1. The highest BCUT2D eigenvalue weighted by atomic mass is 33.2. The minimum absolute atomic E-state index is 0.0757. The number of aromatic nitrogens is 2. The average molecular weight is 514 g/mol. The predicted molar refractivity (Wildman–Crippen MR) is 129 cm³/mol. The molecule has 1 unspecified atom stereocenters. The van der Waals surface area contributed by atoms with Crippen LogP contribution >= 0.6 is 27.4 Å². The molecular formula is C17H29FN3O4PS3Si.